The van der Waals surface area contributed by atoms with Crippen LogP contribution in [0.3, 0.4) is 0 Å². The molecule has 1 aromatic heterocycles. The first kappa shape index (κ1) is 14.8. The summed E-state index contributed by atoms with van der Waals surface area (Å²) in [5, 5.41) is 8.97. The molecule has 0 unspecified atom stereocenters. The van der Waals surface area contributed by atoms with E-state index in [2.05, 4.69) is 0 Å². The van der Waals surface area contributed by atoms with Gasteiger partial charge in [0.15, 0.2) is 5.43 Å². The zero-order valence-electron chi connectivity index (χ0n) is 12.4. The molecule has 0 atom stereocenters. The molecular weight excluding hydrogens is 287 g/mol. The van der Waals surface area contributed by atoms with E-state index < -0.39 is 23.0 Å². The zero-order chi connectivity index (χ0) is 15.9. The molecule has 1 aliphatic carbocycles. The maximum absolute atomic E-state index is 14.8. The number of carboxylic acids is 1. The van der Waals surface area contributed by atoms with Crippen molar-refractivity contribution in [2.45, 2.75) is 45.4 Å². The standard InChI is InChI=1S/C17H17FO4/c1-2-5-11-9-6-3-4-7-10(9)15(18)14-12(19)8-13(17(20)21)22-16(11)14/h8H,2-7H2,1H3,(H,20,21). The average molecular weight is 304 g/mol. The Kier molecular flexibility index (Phi) is 3.72. The van der Waals surface area contributed by atoms with E-state index in [4.69, 9.17) is 9.52 Å². The second-order valence-electron chi connectivity index (χ2n) is 5.69. The summed E-state index contributed by atoms with van der Waals surface area (Å²) in [6.07, 6.45) is 4.70. The van der Waals surface area contributed by atoms with Gasteiger partial charge < -0.3 is 9.52 Å². The van der Waals surface area contributed by atoms with Crippen molar-refractivity contribution in [3.05, 3.63) is 44.6 Å². The summed E-state index contributed by atoms with van der Waals surface area (Å²) in [5.74, 6) is -2.29. The number of carboxylic acid groups (broad SMARTS) is 1. The highest BCUT2D eigenvalue weighted by molar-refractivity contribution is 5.89. The molecule has 1 aromatic carbocycles. The molecule has 0 radical (unpaired) electrons. The molecule has 1 N–H and O–H groups in total. The van der Waals surface area contributed by atoms with Crippen molar-refractivity contribution in [3.8, 4) is 0 Å². The van der Waals surface area contributed by atoms with Crippen LogP contribution in [0.1, 0.15) is 53.4 Å². The van der Waals surface area contributed by atoms with Crippen LogP contribution >= 0.6 is 0 Å². The van der Waals surface area contributed by atoms with Crippen LogP contribution in [0.5, 0.6) is 0 Å². The fourth-order valence-electron chi connectivity index (χ4n) is 3.30. The first-order valence-electron chi connectivity index (χ1n) is 7.57. The smallest absolute Gasteiger partial charge is 0.371 e. The van der Waals surface area contributed by atoms with Crippen molar-refractivity contribution in [1.82, 2.24) is 0 Å². The first-order valence-corrected chi connectivity index (χ1v) is 7.57. The lowest BCUT2D eigenvalue weighted by Crippen LogP contribution is -2.15. The zero-order valence-corrected chi connectivity index (χ0v) is 12.4. The molecule has 0 fully saturated rings. The number of aryl methyl sites for hydroxylation is 1. The van der Waals surface area contributed by atoms with E-state index in [1.165, 1.54) is 0 Å². The summed E-state index contributed by atoms with van der Waals surface area (Å²) >= 11 is 0. The molecule has 3 rings (SSSR count). The quantitative estimate of drug-likeness (QED) is 0.943. The van der Waals surface area contributed by atoms with Crippen molar-refractivity contribution in [2.75, 3.05) is 0 Å². The number of hydrogen-bond donors (Lipinski definition) is 1. The summed E-state index contributed by atoms with van der Waals surface area (Å²) in [6, 6.07) is 0.860. The van der Waals surface area contributed by atoms with Gasteiger partial charge >= 0.3 is 5.97 Å². The molecule has 0 saturated carbocycles. The van der Waals surface area contributed by atoms with Crippen LogP contribution in [0.25, 0.3) is 11.0 Å². The van der Waals surface area contributed by atoms with Gasteiger partial charge in [-0.15, -0.1) is 0 Å². The third-order valence-corrected chi connectivity index (χ3v) is 4.25. The molecule has 0 amide bonds. The van der Waals surface area contributed by atoms with E-state index in [1.807, 2.05) is 6.92 Å². The van der Waals surface area contributed by atoms with Crippen molar-refractivity contribution < 1.29 is 18.7 Å². The highest BCUT2D eigenvalue weighted by atomic mass is 19.1. The van der Waals surface area contributed by atoms with Gasteiger partial charge in [-0.2, -0.15) is 0 Å². The summed E-state index contributed by atoms with van der Waals surface area (Å²) in [7, 11) is 0. The Labute approximate surface area is 126 Å². The Bertz CT molecular complexity index is 820. The van der Waals surface area contributed by atoms with E-state index in [0.717, 1.165) is 42.9 Å². The van der Waals surface area contributed by atoms with E-state index in [9.17, 15) is 14.0 Å². The monoisotopic (exact) mass is 304 g/mol. The van der Waals surface area contributed by atoms with Crippen molar-refractivity contribution >= 4 is 16.9 Å². The van der Waals surface area contributed by atoms with E-state index in [-0.39, 0.29) is 11.0 Å². The van der Waals surface area contributed by atoms with Crippen LogP contribution < -0.4 is 5.43 Å². The average Bonchev–Trinajstić information content (AvgIpc) is 2.50. The van der Waals surface area contributed by atoms with Gasteiger partial charge in [0.1, 0.15) is 16.8 Å². The Morgan fingerprint density at radius 2 is 2.00 bits per heavy atom. The Morgan fingerprint density at radius 1 is 1.32 bits per heavy atom. The maximum Gasteiger partial charge on any atom is 0.371 e. The van der Waals surface area contributed by atoms with Crippen LogP contribution in [0.2, 0.25) is 0 Å². The number of hydrogen-bond acceptors (Lipinski definition) is 3. The van der Waals surface area contributed by atoms with E-state index in [0.29, 0.717) is 18.4 Å². The van der Waals surface area contributed by atoms with Gasteiger partial charge in [0.25, 0.3) is 0 Å². The molecule has 0 aliphatic heterocycles. The molecule has 5 heteroatoms. The number of carbonyl (C=O) groups is 1. The topological polar surface area (TPSA) is 67.5 Å². The number of halogens is 1. The number of benzene rings is 1. The lowest BCUT2D eigenvalue weighted by Gasteiger charge is -2.21. The Morgan fingerprint density at radius 3 is 2.64 bits per heavy atom. The second-order valence-corrected chi connectivity index (χ2v) is 5.69. The van der Waals surface area contributed by atoms with E-state index in [1.54, 1.807) is 0 Å². The third-order valence-electron chi connectivity index (χ3n) is 4.25. The largest absolute Gasteiger partial charge is 0.475 e. The van der Waals surface area contributed by atoms with Crippen LogP contribution in [-0.4, -0.2) is 11.1 Å². The molecule has 0 spiro atoms. The molecule has 2 aromatic rings. The minimum Gasteiger partial charge on any atom is -0.475 e. The number of aromatic carboxylic acids is 1. The lowest BCUT2D eigenvalue weighted by atomic mass is 9.85. The van der Waals surface area contributed by atoms with Crippen LogP contribution in [0.15, 0.2) is 15.3 Å². The summed E-state index contributed by atoms with van der Waals surface area (Å²) in [6.45, 7) is 1.99. The SMILES string of the molecule is CCCc1c2c(c(F)c3c(=O)cc(C(=O)O)oc13)CCCC2. The molecule has 4 nitrogen and oxygen atoms in total. The molecular formula is C17H17FO4. The van der Waals surface area contributed by atoms with Crippen LogP contribution in [-0.2, 0) is 19.3 Å². The lowest BCUT2D eigenvalue weighted by molar-refractivity contribution is 0.0663. The minimum absolute atomic E-state index is 0.103. The number of fused-ring (bicyclic) bond motifs is 2. The second kappa shape index (κ2) is 5.55. The van der Waals surface area contributed by atoms with Crippen LogP contribution in [0, 0.1) is 5.82 Å². The molecule has 1 aliphatic rings. The highest BCUT2D eigenvalue weighted by Gasteiger charge is 2.25. The van der Waals surface area contributed by atoms with Crippen molar-refractivity contribution in [1.29, 1.82) is 0 Å². The fourth-order valence-corrected chi connectivity index (χ4v) is 3.30. The summed E-state index contributed by atoms with van der Waals surface area (Å²) in [4.78, 5) is 23.3. The van der Waals surface area contributed by atoms with Gasteiger partial charge in [-0.05, 0) is 48.8 Å². The Hall–Kier alpha value is -2.17. The third kappa shape index (κ3) is 2.21. The van der Waals surface area contributed by atoms with Crippen LogP contribution in [0.4, 0.5) is 4.39 Å². The number of rotatable bonds is 3. The van der Waals surface area contributed by atoms with Crippen molar-refractivity contribution in [3.63, 3.8) is 0 Å². The predicted molar refractivity (Wildman–Crippen MR) is 80.0 cm³/mol. The summed E-state index contributed by atoms with van der Waals surface area (Å²) in [5.41, 5.74) is 1.81. The Balaban J connectivity index is 2.46. The molecule has 1 heterocycles. The molecule has 0 bridgehead atoms. The van der Waals surface area contributed by atoms with Gasteiger partial charge in [-0.25, -0.2) is 9.18 Å². The van der Waals surface area contributed by atoms with Gasteiger partial charge in [0.05, 0.1) is 0 Å². The maximum atomic E-state index is 14.8. The van der Waals surface area contributed by atoms with Gasteiger partial charge in [0.2, 0.25) is 5.76 Å². The predicted octanol–water partition coefficient (Wildman–Crippen LogP) is 3.46. The molecule has 0 saturated heterocycles. The normalized spacial score (nSPS) is 14.1. The fraction of sp³-hybridized carbons (Fsp3) is 0.412. The van der Waals surface area contributed by atoms with E-state index >= 15 is 0 Å². The van der Waals surface area contributed by atoms with Gasteiger partial charge in [-0.1, -0.05) is 13.3 Å². The van der Waals surface area contributed by atoms with Gasteiger partial charge in [0, 0.05) is 6.07 Å². The first-order chi connectivity index (χ1) is 10.5. The molecule has 116 valence electrons. The van der Waals surface area contributed by atoms with Crippen molar-refractivity contribution in [2.24, 2.45) is 0 Å². The summed E-state index contributed by atoms with van der Waals surface area (Å²) < 4.78 is 20.2. The highest BCUT2D eigenvalue weighted by Crippen LogP contribution is 2.34. The van der Waals surface area contributed by atoms with Gasteiger partial charge in [-0.3, -0.25) is 4.79 Å². The minimum atomic E-state index is -1.32. The molecule has 22 heavy (non-hydrogen) atoms.